The van der Waals surface area contributed by atoms with Crippen LogP contribution in [0.2, 0.25) is 0 Å². The number of para-hydroxylation sites is 1. The molecule has 0 aliphatic carbocycles. The summed E-state index contributed by atoms with van der Waals surface area (Å²) in [6.07, 6.45) is 1.79. The van der Waals surface area contributed by atoms with Crippen LogP contribution >= 0.6 is 0 Å². The van der Waals surface area contributed by atoms with Crippen LogP contribution in [0.25, 0.3) is 10.9 Å². The van der Waals surface area contributed by atoms with E-state index >= 15 is 0 Å². The summed E-state index contributed by atoms with van der Waals surface area (Å²) in [6.45, 7) is 6.06. The third kappa shape index (κ3) is 1.58. The Morgan fingerprint density at radius 2 is 2.31 bits per heavy atom. The Kier molecular flexibility index (Phi) is 2.72. The lowest BCUT2D eigenvalue weighted by atomic mass is 10.1. The van der Waals surface area contributed by atoms with Crippen molar-refractivity contribution in [3.63, 3.8) is 0 Å². The summed E-state index contributed by atoms with van der Waals surface area (Å²) in [5.74, 6) is 0. The first-order valence-corrected chi connectivity index (χ1v) is 5.03. The molecule has 0 spiro atoms. The molecule has 1 aromatic heterocycles. The van der Waals surface area contributed by atoms with E-state index in [0.29, 0.717) is 18.0 Å². The molecule has 4 heteroatoms. The van der Waals surface area contributed by atoms with Gasteiger partial charge in [-0.15, -0.1) is 6.58 Å². The Bertz CT molecular complexity index is 554. The first-order valence-electron chi connectivity index (χ1n) is 5.03. The molecule has 4 nitrogen and oxygen atoms in total. The molecule has 0 aliphatic heterocycles. The van der Waals surface area contributed by atoms with E-state index in [1.165, 1.54) is 0 Å². The number of hydrogen-bond acceptors (Lipinski definition) is 3. The molecule has 16 heavy (non-hydrogen) atoms. The number of rotatable bonds is 3. The molecule has 0 saturated heterocycles. The largest absolute Gasteiger partial charge is 0.411 e. The summed E-state index contributed by atoms with van der Waals surface area (Å²) in [6, 6.07) is 7.85. The number of allylic oxidation sites excluding steroid dienone is 1. The predicted octanol–water partition coefficient (Wildman–Crippen LogP) is 2.42. The van der Waals surface area contributed by atoms with Gasteiger partial charge in [0.15, 0.2) is 0 Å². The van der Waals surface area contributed by atoms with Crippen LogP contribution in [0.15, 0.2) is 42.1 Å². The van der Waals surface area contributed by atoms with Crippen molar-refractivity contribution in [2.24, 2.45) is 5.16 Å². The maximum absolute atomic E-state index is 8.81. The molecule has 2 rings (SSSR count). The minimum atomic E-state index is 0.513. The second-order valence-electron chi connectivity index (χ2n) is 3.52. The number of oxime groups is 1. The van der Waals surface area contributed by atoms with Crippen LogP contribution in [0.5, 0.6) is 0 Å². The fraction of sp³-hybridized carbons (Fsp3) is 0.167. The summed E-state index contributed by atoms with van der Waals surface area (Å²) < 4.78 is 1.84. The van der Waals surface area contributed by atoms with E-state index in [-0.39, 0.29) is 0 Å². The maximum Gasteiger partial charge on any atom is 0.117 e. The van der Waals surface area contributed by atoms with Gasteiger partial charge in [0, 0.05) is 5.39 Å². The Labute approximate surface area is 93.5 Å². The molecule has 1 N–H and O–H groups in total. The van der Waals surface area contributed by atoms with Crippen LogP contribution in [0.4, 0.5) is 0 Å². The standard InChI is InChI=1S/C12H13N3O/c1-3-8-15-11-7-5-4-6-10(11)12(13-15)9(2)14-16/h3-7,16H,1,8H2,2H3/b14-9-. The Morgan fingerprint density at radius 3 is 3.00 bits per heavy atom. The van der Waals surface area contributed by atoms with Crippen molar-refractivity contribution >= 4 is 16.6 Å². The molecule has 0 unspecified atom stereocenters. The highest BCUT2D eigenvalue weighted by Crippen LogP contribution is 2.19. The quantitative estimate of drug-likeness (QED) is 0.370. The molecule has 0 aliphatic rings. The van der Waals surface area contributed by atoms with E-state index in [4.69, 9.17) is 5.21 Å². The molecule has 0 fully saturated rings. The highest BCUT2D eigenvalue weighted by Gasteiger charge is 2.11. The summed E-state index contributed by atoms with van der Waals surface area (Å²) >= 11 is 0. The SMILES string of the molecule is C=CCn1nc(/C(C)=N\O)c2ccccc21. The first kappa shape index (κ1) is 10.4. The van der Waals surface area contributed by atoms with Gasteiger partial charge in [-0.2, -0.15) is 5.10 Å². The van der Waals surface area contributed by atoms with E-state index in [1.54, 1.807) is 13.0 Å². The van der Waals surface area contributed by atoms with Crippen molar-refractivity contribution in [2.75, 3.05) is 0 Å². The average molecular weight is 215 g/mol. The minimum absolute atomic E-state index is 0.513. The van der Waals surface area contributed by atoms with Gasteiger partial charge in [0.1, 0.15) is 11.4 Å². The summed E-state index contributed by atoms with van der Waals surface area (Å²) in [7, 11) is 0. The van der Waals surface area contributed by atoms with Crippen LogP contribution in [0.1, 0.15) is 12.6 Å². The minimum Gasteiger partial charge on any atom is -0.411 e. The van der Waals surface area contributed by atoms with Gasteiger partial charge in [-0.3, -0.25) is 4.68 Å². The molecule has 0 radical (unpaired) electrons. The van der Waals surface area contributed by atoms with Crippen LogP contribution in [-0.2, 0) is 6.54 Å². The Morgan fingerprint density at radius 1 is 1.56 bits per heavy atom. The number of hydrogen-bond donors (Lipinski definition) is 1. The van der Waals surface area contributed by atoms with Crippen LogP contribution < -0.4 is 0 Å². The van der Waals surface area contributed by atoms with Crippen LogP contribution in [0.3, 0.4) is 0 Å². The Balaban J connectivity index is 2.71. The van der Waals surface area contributed by atoms with E-state index in [9.17, 15) is 0 Å². The third-order valence-corrected chi connectivity index (χ3v) is 2.45. The summed E-state index contributed by atoms with van der Waals surface area (Å²) in [5, 5.41) is 17.4. The lowest BCUT2D eigenvalue weighted by molar-refractivity contribution is 0.319. The molecule has 0 amide bonds. The molecular weight excluding hydrogens is 202 g/mol. The number of fused-ring (bicyclic) bond motifs is 1. The zero-order valence-electron chi connectivity index (χ0n) is 9.09. The van der Waals surface area contributed by atoms with Gasteiger partial charge in [0.05, 0.1) is 12.1 Å². The van der Waals surface area contributed by atoms with E-state index < -0.39 is 0 Å². The zero-order chi connectivity index (χ0) is 11.5. The van der Waals surface area contributed by atoms with Crippen LogP contribution in [0, 0.1) is 0 Å². The summed E-state index contributed by atoms with van der Waals surface area (Å²) in [5.41, 5.74) is 2.24. The van der Waals surface area contributed by atoms with Gasteiger partial charge in [0.2, 0.25) is 0 Å². The van der Waals surface area contributed by atoms with Crippen molar-refractivity contribution in [1.29, 1.82) is 0 Å². The first-order chi connectivity index (χ1) is 7.77. The number of aromatic nitrogens is 2. The van der Waals surface area contributed by atoms with Crippen molar-refractivity contribution in [3.8, 4) is 0 Å². The highest BCUT2D eigenvalue weighted by molar-refractivity contribution is 6.07. The fourth-order valence-corrected chi connectivity index (χ4v) is 1.70. The van der Waals surface area contributed by atoms with Crippen molar-refractivity contribution in [2.45, 2.75) is 13.5 Å². The number of nitrogens with zero attached hydrogens (tertiary/aromatic N) is 3. The second kappa shape index (κ2) is 4.18. The molecule has 2 aromatic rings. The van der Waals surface area contributed by atoms with E-state index in [2.05, 4.69) is 16.8 Å². The molecule has 0 saturated carbocycles. The molecule has 0 bridgehead atoms. The van der Waals surface area contributed by atoms with Gasteiger partial charge in [-0.05, 0) is 13.0 Å². The normalized spacial score (nSPS) is 11.9. The average Bonchev–Trinajstić information content (AvgIpc) is 2.68. The van der Waals surface area contributed by atoms with Crippen molar-refractivity contribution in [1.82, 2.24) is 9.78 Å². The van der Waals surface area contributed by atoms with E-state index in [0.717, 1.165) is 10.9 Å². The Hall–Kier alpha value is -2.10. The highest BCUT2D eigenvalue weighted by atomic mass is 16.4. The van der Waals surface area contributed by atoms with Gasteiger partial charge < -0.3 is 5.21 Å². The second-order valence-corrected chi connectivity index (χ2v) is 3.52. The topological polar surface area (TPSA) is 50.4 Å². The lowest BCUT2D eigenvalue weighted by Gasteiger charge is -1.96. The summed E-state index contributed by atoms with van der Waals surface area (Å²) in [4.78, 5) is 0. The fourth-order valence-electron chi connectivity index (χ4n) is 1.70. The van der Waals surface area contributed by atoms with Gasteiger partial charge in [-0.25, -0.2) is 0 Å². The van der Waals surface area contributed by atoms with Gasteiger partial charge in [0.25, 0.3) is 0 Å². The zero-order valence-corrected chi connectivity index (χ0v) is 9.09. The molecular formula is C12H13N3O. The van der Waals surface area contributed by atoms with Crippen molar-refractivity contribution in [3.05, 3.63) is 42.6 Å². The molecule has 1 heterocycles. The molecule has 0 atom stereocenters. The predicted molar refractivity (Wildman–Crippen MR) is 63.9 cm³/mol. The van der Waals surface area contributed by atoms with E-state index in [1.807, 2.05) is 28.9 Å². The molecule has 82 valence electrons. The third-order valence-electron chi connectivity index (χ3n) is 2.45. The maximum atomic E-state index is 8.81. The lowest BCUT2D eigenvalue weighted by Crippen LogP contribution is -2.01. The monoisotopic (exact) mass is 215 g/mol. The van der Waals surface area contributed by atoms with Crippen molar-refractivity contribution < 1.29 is 5.21 Å². The number of benzene rings is 1. The van der Waals surface area contributed by atoms with Gasteiger partial charge in [-0.1, -0.05) is 29.4 Å². The van der Waals surface area contributed by atoms with Gasteiger partial charge >= 0.3 is 0 Å². The smallest absolute Gasteiger partial charge is 0.117 e. The van der Waals surface area contributed by atoms with Crippen LogP contribution in [-0.4, -0.2) is 20.7 Å². The molecule has 1 aromatic carbocycles.